The summed E-state index contributed by atoms with van der Waals surface area (Å²) in [7, 11) is 0. The van der Waals surface area contributed by atoms with E-state index >= 15 is 0 Å². The minimum Gasteiger partial charge on any atom is -0.457 e. The average molecular weight is 1510 g/mol. The highest BCUT2D eigenvalue weighted by Gasteiger charge is 2.33. The molecule has 6 heterocycles. The number of aromatic nitrogens is 12. The van der Waals surface area contributed by atoms with Gasteiger partial charge in [-0.2, -0.15) is 19.9 Å². The molecule has 0 bridgehead atoms. The number of amides is 2. The molecular formula is C53H55Cl11N18O11. The molecule has 0 unspecified atom stereocenters. The van der Waals surface area contributed by atoms with Gasteiger partial charge in [-0.25, -0.2) is 64.1 Å². The quantitative estimate of drug-likeness (QED) is 0.0334. The van der Waals surface area contributed by atoms with Crippen molar-refractivity contribution >= 4 is 171 Å². The Kier molecular flexibility index (Phi) is 37.1. The van der Waals surface area contributed by atoms with Gasteiger partial charge in [0.2, 0.25) is 44.9 Å². The van der Waals surface area contributed by atoms with Crippen LogP contribution in [0, 0.1) is 0 Å². The van der Waals surface area contributed by atoms with Crippen LogP contribution in [-0.2, 0) is 18.9 Å². The molecule has 0 spiro atoms. The summed E-state index contributed by atoms with van der Waals surface area (Å²) < 4.78 is 24.6. The minimum absolute atomic E-state index is 0. The number of rotatable bonds is 14. The zero-order valence-corrected chi connectivity index (χ0v) is 56.6. The van der Waals surface area contributed by atoms with Gasteiger partial charge >= 0.3 is 26.3 Å². The molecule has 0 radical (unpaired) electrons. The third kappa shape index (κ3) is 33.6. The number of alkyl halides is 6. The normalized spacial score (nSPS) is 12.6. The summed E-state index contributed by atoms with van der Waals surface area (Å²) in [6.07, 6.45) is 2.86. The molecule has 29 nitrogen and oxygen atoms in total. The maximum absolute atomic E-state index is 11.7. The zero-order chi connectivity index (χ0) is 67.5. The van der Waals surface area contributed by atoms with Crippen LogP contribution in [0.4, 0.5) is 38.2 Å². The molecule has 40 heteroatoms. The summed E-state index contributed by atoms with van der Waals surface area (Å²) in [5, 5.41) is 22.6. The van der Waals surface area contributed by atoms with Crippen LogP contribution in [0.5, 0.6) is 23.0 Å². The molecule has 10 rings (SSSR count). The maximum atomic E-state index is 11.7. The number of carbonyl (C=O) groups excluding carboxylic acids is 3. The van der Waals surface area contributed by atoms with Crippen molar-refractivity contribution in [3.63, 3.8) is 0 Å². The van der Waals surface area contributed by atoms with Crippen molar-refractivity contribution < 1.29 is 53.0 Å². The molecular weight excluding hydrogens is 1450 g/mol. The Labute approximate surface area is 587 Å². The first kappa shape index (κ1) is 80.2. The van der Waals surface area contributed by atoms with Crippen LogP contribution in [0.15, 0.2) is 135 Å². The number of anilines is 4. The lowest BCUT2D eigenvalue weighted by Gasteiger charge is -2.16. The fourth-order valence-corrected chi connectivity index (χ4v) is 7.13. The summed E-state index contributed by atoms with van der Waals surface area (Å²) >= 11 is 51.8. The molecule has 93 heavy (non-hydrogen) atoms. The number of aliphatic hydroxyl groups is 2. The number of nitrogens with one attached hydrogen (secondary N) is 2. The van der Waals surface area contributed by atoms with Gasteiger partial charge in [-0.15, -0.1) is 12.4 Å². The van der Waals surface area contributed by atoms with Gasteiger partial charge in [0.15, 0.2) is 0 Å². The Morgan fingerprint density at radius 3 is 1.32 bits per heavy atom. The fourth-order valence-electron chi connectivity index (χ4n) is 6.22. The molecule has 2 aliphatic rings. The van der Waals surface area contributed by atoms with Crippen LogP contribution in [0.25, 0.3) is 0 Å². The second-order valence-electron chi connectivity index (χ2n) is 16.9. The van der Waals surface area contributed by atoms with Gasteiger partial charge < -0.3 is 60.7 Å². The highest BCUT2D eigenvalue weighted by Crippen LogP contribution is 2.33. The summed E-state index contributed by atoms with van der Waals surface area (Å²) in [6, 6.07) is 35.0. The first-order valence-corrected chi connectivity index (χ1v) is 29.8. The minimum atomic E-state index is -2.24. The number of cyclic esters (lactones) is 2. The number of aliphatic hydroxyl groups excluding tert-OH is 2. The lowest BCUT2D eigenvalue weighted by molar-refractivity contribution is 0.0508. The number of benzene rings is 4. The molecule has 0 saturated carbocycles. The molecule has 0 aliphatic carbocycles. The van der Waals surface area contributed by atoms with Crippen LogP contribution in [0.1, 0.15) is 37.1 Å². The molecule has 2 aliphatic heterocycles. The lowest BCUT2D eigenvalue weighted by atomic mass is 10.1. The SMILES string of the molecule is C[C@@H](N)c1ccc(Oc2ccccc2)cc1.C[C@@H](Nc1ncnc(N2CCOC2=O)n1)c1ccc(Oc2ccccc2)cc1.Cl.Clc1ncnc(Cl)n1.NCCO.O=C(OC(Cl)(Cl)Cl)OC(Cl)(Cl)Cl.O=C1OCCN1c1ncnc(Cl)n1.OCCNc1ncnc(Cl)n1. The van der Waals surface area contributed by atoms with E-state index in [0.29, 0.717) is 51.3 Å². The molecule has 4 aromatic carbocycles. The van der Waals surface area contributed by atoms with E-state index < -0.39 is 26.3 Å². The molecule has 4 aromatic heterocycles. The van der Waals surface area contributed by atoms with E-state index in [4.69, 9.17) is 157 Å². The van der Waals surface area contributed by atoms with E-state index in [1.54, 1.807) is 0 Å². The predicted octanol–water partition coefficient (Wildman–Crippen LogP) is 12.0. The van der Waals surface area contributed by atoms with Gasteiger partial charge in [0.05, 0.1) is 32.3 Å². The smallest absolute Gasteiger partial charge is 0.457 e. The van der Waals surface area contributed by atoms with Crippen molar-refractivity contribution in [1.29, 1.82) is 0 Å². The number of para-hydroxylation sites is 2. The molecule has 2 amide bonds. The number of hydrogen-bond donors (Lipinski definition) is 6. The summed E-state index contributed by atoms with van der Waals surface area (Å²) in [5.74, 6) is 4.49. The van der Waals surface area contributed by atoms with E-state index in [-0.39, 0.29) is 70.7 Å². The van der Waals surface area contributed by atoms with Gasteiger partial charge in [-0.05, 0) is 190 Å². The highest BCUT2D eigenvalue weighted by molar-refractivity contribution is 6.67. The first-order chi connectivity index (χ1) is 43.8. The third-order valence-corrected chi connectivity index (χ3v) is 11.4. The Hall–Kier alpha value is -7.04. The van der Waals surface area contributed by atoms with Crippen molar-refractivity contribution in [2.45, 2.75) is 33.9 Å². The topological polar surface area (TPSA) is 384 Å². The molecule has 2 saturated heterocycles. The summed E-state index contributed by atoms with van der Waals surface area (Å²) in [5.41, 5.74) is 12.7. The van der Waals surface area contributed by atoms with Gasteiger partial charge in [-0.3, -0.25) is 0 Å². The number of nitrogens with zero attached hydrogens (tertiary/aromatic N) is 14. The van der Waals surface area contributed by atoms with E-state index in [1.807, 2.05) is 123 Å². The summed E-state index contributed by atoms with van der Waals surface area (Å²) in [6.45, 7) is 6.43. The van der Waals surface area contributed by atoms with Crippen molar-refractivity contribution in [2.24, 2.45) is 11.5 Å². The first-order valence-electron chi connectivity index (χ1n) is 26.0. The van der Waals surface area contributed by atoms with Crippen LogP contribution in [-0.4, -0.2) is 149 Å². The van der Waals surface area contributed by atoms with E-state index in [2.05, 4.69) is 79.9 Å². The number of nitrogens with two attached hydrogens (primary N) is 2. The van der Waals surface area contributed by atoms with Crippen molar-refractivity contribution in [3.05, 3.63) is 167 Å². The van der Waals surface area contributed by atoms with Gasteiger partial charge in [0, 0.05) is 19.1 Å². The Morgan fingerprint density at radius 1 is 0.559 bits per heavy atom. The maximum Gasteiger partial charge on any atom is 0.515 e. The Balaban J connectivity index is 0.000000302. The standard InChI is InChI=1S/C20H19N5O3.C14H15NO.C6H5ClN4O2.C5H7ClN4O.C3Cl6O3.C3HCl2N3.C2H7NO.ClH/c1-14(15-7-9-17(10-8-15)28-16-5-3-2-4-6-16)23-18-21-13-22-19(24-18)25-11-12-27-20(25)26;1-11(15)12-7-9-14(10-8-12)16-13-5-3-2-4-6-13;7-4-8-3-9-5(10-4)11-1-2-13-6(11)12;6-4-8-3-9-5(10-4)7-1-2-11;4-2(5,6)11-1(10)12-3(7,8)9;4-2-6-1-7-3(5)8-2;3-1-2-4;/h2-10,13-14H,11-12H2,1H3,(H,21,22,23,24);2-11H,15H2,1H3;3H,1-2H2;3,11H,1-2H2,(H,7,8,9,10);;1H;4H,1-3H2;1H/t14-;11-;;;;;;/m11....../s1. The number of hydrogen-bond acceptors (Lipinski definition) is 27. The summed E-state index contributed by atoms with van der Waals surface area (Å²) in [4.78, 5) is 81.1. The van der Waals surface area contributed by atoms with Crippen molar-refractivity contribution in [3.8, 4) is 23.0 Å². The fraction of sp³-hybridized carbons (Fsp3) is 0.264. The van der Waals surface area contributed by atoms with Crippen LogP contribution in [0.3, 0.4) is 0 Å². The third-order valence-electron chi connectivity index (χ3n) is 10.2. The largest absolute Gasteiger partial charge is 0.515 e. The lowest BCUT2D eigenvalue weighted by Crippen LogP contribution is -2.26. The predicted molar refractivity (Wildman–Crippen MR) is 354 cm³/mol. The van der Waals surface area contributed by atoms with Gasteiger partial charge in [0.25, 0.3) is 0 Å². The molecule has 2 fully saturated rings. The molecule has 8 N–H and O–H groups in total. The van der Waals surface area contributed by atoms with Gasteiger partial charge in [0.1, 0.15) is 61.5 Å². The zero-order valence-electron chi connectivity index (χ0n) is 48.2. The van der Waals surface area contributed by atoms with Gasteiger partial charge in [-0.1, -0.05) is 60.7 Å². The van der Waals surface area contributed by atoms with E-state index in [9.17, 15) is 14.4 Å². The Morgan fingerprint density at radius 2 is 0.946 bits per heavy atom. The van der Waals surface area contributed by atoms with Crippen LogP contribution >= 0.6 is 128 Å². The number of ether oxygens (including phenoxy) is 6. The van der Waals surface area contributed by atoms with Crippen molar-refractivity contribution in [2.75, 3.05) is 73.0 Å². The molecule has 8 aromatic rings. The average Bonchev–Trinajstić information content (AvgIpc) is 1.89. The highest BCUT2D eigenvalue weighted by atomic mass is 35.6. The number of carbonyl (C=O) groups is 3. The van der Waals surface area contributed by atoms with Crippen molar-refractivity contribution in [1.82, 2.24) is 59.8 Å². The second-order valence-corrected chi connectivity index (χ2v) is 22.6. The van der Waals surface area contributed by atoms with Crippen LogP contribution in [0.2, 0.25) is 21.1 Å². The number of halogens is 11. The molecule has 500 valence electrons. The second kappa shape index (κ2) is 43.0. The molecule has 2 atom stereocenters. The Bertz CT molecular complexity index is 3430. The monoisotopic (exact) mass is 1500 g/mol. The van der Waals surface area contributed by atoms with Crippen LogP contribution < -0.4 is 41.4 Å². The van der Waals surface area contributed by atoms with E-state index in [0.717, 1.165) is 34.1 Å². The van der Waals surface area contributed by atoms with E-state index in [1.165, 1.54) is 35.1 Å².